The van der Waals surface area contributed by atoms with Crippen molar-refractivity contribution in [2.75, 3.05) is 0 Å². The van der Waals surface area contributed by atoms with Gasteiger partial charge >= 0.3 is 0 Å². The second-order valence-electron chi connectivity index (χ2n) is 12.2. The molecule has 52 heavy (non-hydrogen) atoms. The first-order valence-corrected chi connectivity index (χ1v) is 17.7. The molecule has 4 heteroatoms. The Morgan fingerprint density at radius 1 is 0.423 bits per heavy atom. The Balaban J connectivity index is 0.00000207. The maximum absolute atomic E-state index is 10.2. The highest BCUT2D eigenvalue weighted by atomic mass is 15.2. The van der Waals surface area contributed by atoms with E-state index in [1.54, 1.807) is 0 Å². The Hall–Kier alpha value is -6.83. The van der Waals surface area contributed by atoms with E-state index in [0.717, 1.165) is 61.7 Å². The topological polar surface area (TPSA) is 60.5 Å². The predicted octanol–water partition coefficient (Wildman–Crippen LogP) is 11.7. The van der Waals surface area contributed by atoms with Gasteiger partial charge in [-0.05, 0) is 80.4 Å². The summed E-state index contributed by atoms with van der Waals surface area (Å²) in [6.45, 7) is 4.00. The highest BCUT2D eigenvalue weighted by Crippen LogP contribution is 2.34. The van der Waals surface area contributed by atoms with Crippen LogP contribution in [0.5, 0.6) is 0 Å². The number of hydrogen-bond acceptors (Lipinski definition) is 4. The monoisotopic (exact) mass is 670 g/mol. The molecule has 0 radical (unpaired) electrons. The molecule has 1 N–H and O–H groups in total. The van der Waals surface area contributed by atoms with E-state index >= 15 is 0 Å². The summed E-state index contributed by atoms with van der Waals surface area (Å²) in [5, 5.41) is 13.7. The molecule has 0 saturated carbocycles. The molecule has 0 spiro atoms. The fraction of sp³-hybridized carbons (Fsp3) is 0.0625. The number of amidine groups is 2. The lowest BCUT2D eigenvalue weighted by molar-refractivity contribution is 0.756. The molecule has 0 fully saturated rings. The van der Waals surface area contributed by atoms with Gasteiger partial charge in [0.05, 0.1) is 11.6 Å². The minimum Gasteiger partial charge on any atom is -0.324 e. The van der Waals surface area contributed by atoms with Crippen molar-refractivity contribution in [1.82, 2.24) is 5.32 Å². The second-order valence-corrected chi connectivity index (χ2v) is 12.2. The summed E-state index contributed by atoms with van der Waals surface area (Å²) in [5.41, 5.74) is 12.2. The van der Waals surface area contributed by atoms with Crippen molar-refractivity contribution in [2.45, 2.75) is 20.0 Å². The number of nitrogens with zero attached hydrogens (tertiary/aromatic N) is 3. The Bertz CT molecular complexity index is 2350. The van der Waals surface area contributed by atoms with Crippen molar-refractivity contribution in [3.8, 4) is 50.6 Å². The standard InChI is InChI=1S/C46H32N4.C2H6/c47-31-42-26-25-41(46-49-44(33-15-6-2-7-16-33)48-45(50-46)34-17-8-3-9-18-34)30-43(42)40-24-12-23-39(29-40)38-22-11-21-37(28-38)36-20-10-19-35(27-36)32-13-4-1-5-14-32;1-2/h1-30,46H,(H,48,49,50);1-2H3. The first-order valence-electron chi connectivity index (χ1n) is 17.7. The molecule has 0 aromatic heterocycles. The molecule has 0 amide bonds. The van der Waals surface area contributed by atoms with E-state index < -0.39 is 6.17 Å². The number of aliphatic imine (C=N–C) groups is 2. The molecule has 0 aliphatic carbocycles. The molecule has 7 aromatic rings. The van der Waals surface area contributed by atoms with Crippen LogP contribution in [-0.4, -0.2) is 11.7 Å². The first kappa shape index (κ1) is 33.7. The number of nitrogens with one attached hydrogen (secondary N) is 1. The van der Waals surface area contributed by atoms with Crippen LogP contribution in [0.3, 0.4) is 0 Å². The smallest absolute Gasteiger partial charge is 0.169 e. The van der Waals surface area contributed by atoms with Gasteiger partial charge in [-0.25, -0.2) is 9.98 Å². The summed E-state index contributed by atoms with van der Waals surface area (Å²) in [5.74, 6) is 1.51. The van der Waals surface area contributed by atoms with Gasteiger partial charge in [0.25, 0.3) is 0 Å². The van der Waals surface area contributed by atoms with Crippen LogP contribution in [0.4, 0.5) is 0 Å². The van der Waals surface area contributed by atoms with Gasteiger partial charge in [-0.15, -0.1) is 0 Å². The molecular weight excluding hydrogens is 633 g/mol. The van der Waals surface area contributed by atoms with Crippen molar-refractivity contribution in [1.29, 1.82) is 5.26 Å². The SMILES string of the molecule is CC.N#Cc1ccc(C2N=C(c3ccccc3)NC(c3ccccc3)=N2)cc1-c1cccc(-c2cccc(-c3cccc(-c4ccccc4)c3)c2)c1. The molecule has 1 aliphatic heterocycles. The summed E-state index contributed by atoms with van der Waals surface area (Å²) >= 11 is 0. The number of rotatable bonds is 7. The van der Waals surface area contributed by atoms with E-state index in [1.165, 1.54) is 11.1 Å². The van der Waals surface area contributed by atoms with Gasteiger partial charge in [0, 0.05) is 11.1 Å². The number of benzene rings is 7. The number of nitriles is 1. The third-order valence-corrected chi connectivity index (χ3v) is 8.97. The lowest BCUT2D eigenvalue weighted by Crippen LogP contribution is -2.36. The van der Waals surface area contributed by atoms with Gasteiger partial charge in [-0.3, -0.25) is 0 Å². The van der Waals surface area contributed by atoms with Gasteiger partial charge in [-0.2, -0.15) is 5.26 Å². The van der Waals surface area contributed by atoms with Crippen molar-refractivity contribution in [3.05, 3.63) is 204 Å². The van der Waals surface area contributed by atoms with Crippen molar-refractivity contribution < 1.29 is 0 Å². The van der Waals surface area contributed by atoms with E-state index in [4.69, 9.17) is 9.98 Å². The number of hydrogen-bond donors (Lipinski definition) is 1. The Morgan fingerprint density at radius 2 is 0.808 bits per heavy atom. The van der Waals surface area contributed by atoms with E-state index in [0.29, 0.717) is 5.56 Å². The molecule has 0 atom stereocenters. The molecule has 7 aromatic carbocycles. The molecule has 0 bridgehead atoms. The first-order chi connectivity index (χ1) is 25.7. The summed E-state index contributed by atoms with van der Waals surface area (Å²) in [4.78, 5) is 10.1. The van der Waals surface area contributed by atoms with E-state index in [2.05, 4.69) is 115 Å². The van der Waals surface area contributed by atoms with Gasteiger partial charge in [0.15, 0.2) is 6.17 Å². The zero-order valence-corrected chi connectivity index (χ0v) is 29.2. The van der Waals surface area contributed by atoms with Crippen LogP contribution in [0.25, 0.3) is 44.5 Å². The summed E-state index contributed by atoms with van der Waals surface area (Å²) < 4.78 is 0. The maximum Gasteiger partial charge on any atom is 0.169 e. The second kappa shape index (κ2) is 15.8. The fourth-order valence-electron chi connectivity index (χ4n) is 6.40. The lowest BCUT2D eigenvalue weighted by atomic mass is 9.93. The quantitative estimate of drug-likeness (QED) is 0.183. The lowest BCUT2D eigenvalue weighted by Gasteiger charge is -2.23. The normalized spacial score (nSPS) is 12.3. The average Bonchev–Trinajstić information content (AvgIpc) is 3.25. The Kier molecular flexibility index (Phi) is 10.2. The molecule has 0 saturated heterocycles. The zero-order chi connectivity index (χ0) is 35.7. The van der Waals surface area contributed by atoms with Crippen LogP contribution < -0.4 is 5.32 Å². The minimum atomic E-state index is -0.486. The van der Waals surface area contributed by atoms with Crippen molar-refractivity contribution in [3.63, 3.8) is 0 Å². The summed E-state index contributed by atoms with van der Waals surface area (Å²) in [6, 6.07) is 64.7. The summed E-state index contributed by atoms with van der Waals surface area (Å²) in [6.07, 6.45) is -0.486. The molecular formula is C48H38N4. The molecule has 1 aliphatic rings. The average molecular weight is 671 g/mol. The van der Waals surface area contributed by atoms with Crippen LogP contribution in [0.1, 0.15) is 42.3 Å². The predicted molar refractivity (Wildman–Crippen MR) is 216 cm³/mol. The molecule has 8 rings (SSSR count). The maximum atomic E-state index is 10.2. The zero-order valence-electron chi connectivity index (χ0n) is 29.2. The van der Waals surface area contributed by atoms with Crippen LogP contribution >= 0.6 is 0 Å². The van der Waals surface area contributed by atoms with Crippen molar-refractivity contribution in [2.24, 2.45) is 9.98 Å². The Labute approximate surface area is 306 Å². The van der Waals surface area contributed by atoms with Gasteiger partial charge < -0.3 is 5.32 Å². The van der Waals surface area contributed by atoms with Crippen LogP contribution in [0, 0.1) is 11.3 Å². The van der Waals surface area contributed by atoms with Gasteiger partial charge in [-0.1, -0.05) is 166 Å². The highest BCUT2D eigenvalue weighted by Gasteiger charge is 2.22. The van der Waals surface area contributed by atoms with E-state index in [1.807, 2.05) is 92.7 Å². The van der Waals surface area contributed by atoms with Crippen LogP contribution in [-0.2, 0) is 0 Å². The third-order valence-electron chi connectivity index (χ3n) is 8.97. The minimum absolute atomic E-state index is 0.486. The highest BCUT2D eigenvalue weighted by molar-refractivity contribution is 6.15. The largest absolute Gasteiger partial charge is 0.324 e. The van der Waals surface area contributed by atoms with E-state index in [9.17, 15) is 5.26 Å². The van der Waals surface area contributed by atoms with Crippen LogP contribution in [0.15, 0.2) is 192 Å². The molecule has 4 nitrogen and oxygen atoms in total. The summed E-state index contributed by atoms with van der Waals surface area (Å²) in [7, 11) is 0. The fourth-order valence-corrected chi connectivity index (χ4v) is 6.40. The van der Waals surface area contributed by atoms with Crippen molar-refractivity contribution >= 4 is 11.7 Å². The molecule has 1 heterocycles. The molecule has 250 valence electrons. The third kappa shape index (κ3) is 7.35. The molecule has 0 unspecified atom stereocenters. The van der Waals surface area contributed by atoms with Crippen LogP contribution in [0.2, 0.25) is 0 Å². The van der Waals surface area contributed by atoms with Gasteiger partial charge in [0.2, 0.25) is 0 Å². The van der Waals surface area contributed by atoms with E-state index in [-0.39, 0.29) is 0 Å². The Morgan fingerprint density at radius 3 is 1.27 bits per heavy atom. The van der Waals surface area contributed by atoms with Gasteiger partial charge in [0.1, 0.15) is 11.7 Å².